The Kier molecular flexibility index (Phi) is 9.25. The van der Waals surface area contributed by atoms with Crippen LogP contribution in [0.1, 0.15) is 0 Å². The van der Waals surface area contributed by atoms with Gasteiger partial charge in [0.15, 0.2) is 0 Å². The van der Waals surface area contributed by atoms with Gasteiger partial charge in [0, 0.05) is 24.3 Å². The fourth-order valence-electron chi connectivity index (χ4n) is 4.80. The van der Waals surface area contributed by atoms with E-state index in [2.05, 4.69) is 66.1 Å². The molecule has 0 N–H and O–H groups in total. The van der Waals surface area contributed by atoms with E-state index in [9.17, 15) is 0 Å². The van der Waals surface area contributed by atoms with E-state index in [0.717, 1.165) is 76.3 Å². The number of rotatable bonds is 6. The van der Waals surface area contributed by atoms with E-state index in [1.807, 2.05) is 72.8 Å². The van der Waals surface area contributed by atoms with Crippen LogP contribution in [0.25, 0.3) is 44.1 Å². The van der Waals surface area contributed by atoms with Crippen molar-refractivity contribution in [2.24, 2.45) is 0 Å². The highest BCUT2D eigenvalue weighted by Gasteiger charge is 2.15. The minimum absolute atomic E-state index is 0.726. The molecule has 0 saturated heterocycles. The Hall–Kier alpha value is -4.14. The lowest BCUT2D eigenvalue weighted by atomic mass is 10.0. The van der Waals surface area contributed by atoms with E-state index < -0.39 is 0 Å². The second-order valence-corrected chi connectivity index (χ2v) is 10.8. The van der Waals surface area contributed by atoms with Crippen LogP contribution >= 0.6 is 31.9 Å². The Balaban J connectivity index is 0.000000168. The molecular formula is C34H28Br2N2O4. The van der Waals surface area contributed by atoms with E-state index in [-0.39, 0.29) is 0 Å². The van der Waals surface area contributed by atoms with Gasteiger partial charge < -0.3 is 18.9 Å². The summed E-state index contributed by atoms with van der Waals surface area (Å²) in [5, 5.41) is 1.96. The summed E-state index contributed by atoms with van der Waals surface area (Å²) in [7, 11) is 6.59. The molecule has 0 saturated carbocycles. The average Bonchev–Trinajstić information content (AvgIpc) is 3.03. The molecule has 0 fully saturated rings. The summed E-state index contributed by atoms with van der Waals surface area (Å²) in [5.74, 6) is 2.96. The lowest BCUT2D eigenvalue weighted by molar-refractivity contribution is 0.397. The van der Waals surface area contributed by atoms with Crippen LogP contribution in [0.5, 0.6) is 23.0 Å². The molecule has 0 radical (unpaired) electrons. The first-order valence-electron chi connectivity index (χ1n) is 13.0. The molecule has 0 amide bonds. The van der Waals surface area contributed by atoms with E-state index >= 15 is 0 Å². The minimum Gasteiger partial charge on any atom is -0.497 e. The first-order chi connectivity index (χ1) is 20.4. The molecule has 2 heterocycles. The van der Waals surface area contributed by atoms with Crippen molar-refractivity contribution in [2.75, 3.05) is 28.4 Å². The molecule has 8 heteroatoms. The van der Waals surface area contributed by atoms with Crippen LogP contribution < -0.4 is 18.9 Å². The van der Waals surface area contributed by atoms with Crippen molar-refractivity contribution in [3.63, 3.8) is 0 Å². The molecule has 0 unspecified atom stereocenters. The Morgan fingerprint density at radius 1 is 0.476 bits per heavy atom. The highest BCUT2D eigenvalue weighted by Crippen LogP contribution is 2.40. The first-order valence-corrected chi connectivity index (χ1v) is 14.6. The molecule has 6 nitrogen and oxygen atoms in total. The van der Waals surface area contributed by atoms with Crippen molar-refractivity contribution in [2.45, 2.75) is 0 Å². The molecule has 42 heavy (non-hydrogen) atoms. The number of ether oxygens (including phenoxy) is 4. The van der Waals surface area contributed by atoms with E-state index in [0.29, 0.717) is 0 Å². The maximum absolute atomic E-state index is 5.54. The van der Waals surface area contributed by atoms with Crippen molar-refractivity contribution in [3.05, 3.63) is 106 Å². The van der Waals surface area contributed by atoms with Crippen LogP contribution in [0.3, 0.4) is 0 Å². The fraction of sp³-hybridized carbons (Fsp3) is 0.118. The topological polar surface area (TPSA) is 62.7 Å². The number of hydrogen-bond donors (Lipinski definition) is 0. The van der Waals surface area contributed by atoms with Crippen molar-refractivity contribution >= 4 is 53.7 Å². The standard InChI is InChI=1S/2C17H14BrNO2/c2*1-20-12-8-14-17(15(9-12)21-2)13(10-16(18)19-14)11-6-4-3-5-7-11/h2*3-10H,1-2H3. The second kappa shape index (κ2) is 13.2. The molecule has 6 rings (SSSR count). The smallest absolute Gasteiger partial charge is 0.132 e. The largest absolute Gasteiger partial charge is 0.497 e. The molecule has 4 aromatic carbocycles. The van der Waals surface area contributed by atoms with E-state index in [4.69, 9.17) is 18.9 Å². The van der Waals surface area contributed by atoms with Crippen LogP contribution in [0.15, 0.2) is 106 Å². The Bertz CT molecular complexity index is 1710. The summed E-state index contributed by atoms with van der Waals surface area (Å²) in [6.07, 6.45) is 0. The lowest BCUT2D eigenvalue weighted by Gasteiger charge is -2.13. The quantitative estimate of drug-likeness (QED) is 0.163. The summed E-state index contributed by atoms with van der Waals surface area (Å²) in [6.45, 7) is 0. The van der Waals surface area contributed by atoms with Gasteiger partial charge >= 0.3 is 0 Å². The lowest BCUT2D eigenvalue weighted by Crippen LogP contribution is -1.93. The molecule has 212 valence electrons. The van der Waals surface area contributed by atoms with Crippen molar-refractivity contribution in [3.8, 4) is 45.3 Å². The molecule has 0 aliphatic rings. The predicted molar refractivity (Wildman–Crippen MR) is 176 cm³/mol. The van der Waals surface area contributed by atoms with Gasteiger partial charge in [-0.2, -0.15) is 0 Å². The van der Waals surface area contributed by atoms with Crippen LogP contribution in [0.2, 0.25) is 0 Å². The van der Waals surface area contributed by atoms with Crippen molar-refractivity contribution < 1.29 is 18.9 Å². The zero-order valence-electron chi connectivity index (χ0n) is 23.5. The maximum Gasteiger partial charge on any atom is 0.132 e. The Morgan fingerprint density at radius 2 is 0.857 bits per heavy atom. The van der Waals surface area contributed by atoms with Gasteiger partial charge in [-0.05, 0) is 66.2 Å². The summed E-state index contributed by atoms with van der Waals surface area (Å²) in [5.41, 5.74) is 6.06. The van der Waals surface area contributed by atoms with Gasteiger partial charge in [-0.25, -0.2) is 9.97 Å². The number of aromatic nitrogens is 2. The third-order valence-electron chi connectivity index (χ3n) is 6.71. The number of benzene rings is 4. The first kappa shape index (κ1) is 29.4. The predicted octanol–water partition coefficient (Wildman–Crippen LogP) is 9.36. The molecule has 0 atom stereocenters. The zero-order chi connectivity index (χ0) is 29.6. The third kappa shape index (κ3) is 6.20. The Morgan fingerprint density at radius 3 is 1.19 bits per heavy atom. The van der Waals surface area contributed by atoms with Crippen LogP contribution in [-0.2, 0) is 0 Å². The summed E-state index contributed by atoms with van der Waals surface area (Å²) < 4.78 is 23.3. The number of pyridine rings is 2. The van der Waals surface area contributed by atoms with Crippen molar-refractivity contribution in [1.82, 2.24) is 9.97 Å². The summed E-state index contributed by atoms with van der Waals surface area (Å²) >= 11 is 6.96. The van der Waals surface area contributed by atoms with Gasteiger partial charge in [-0.15, -0.1) is 0 Å². The van der Waals surface area contributed by atoms with Crippen LogP contribution in [0.4, 0.5) is 0 Å². The molecular weight excluding hydrogens is 660 g/mol. The summed E-state index contributed by atoms with van der Waals surface area (Å²) in [6, 6.07) is 32.0. The third-order valence-corrected chi connectivity index (χ3v) is 7.52. The normalized spacial score (nSPS) is 10.6. The number of halogens is 2. The maximum atomic E-state index is 5.54. The highest BCUT2D eigenvalue weighted by molar-refractivity contribution is 9.10. The zero-order valence-corrected chi connectivity index (χ0v) is 26.7. The molecule has 6 aromatic rings. The number of nitrogens with zero attached hydrogens (tertiary/aromatic N) is 2. The van der Waals surface area contributed by atoms with Gasteiger partial charge in [0.1, 0.15) is 32.2 Å². The summed E-state index contributed by atoms with van der Waals surface area (Å²) in [4.78, 5) is 9.07. The fourth-order valence-corrected chi connectivity index (χ4v) is 5.64. The van der Waals surface area contributed by atoms with Crippen molar-refractivity contribution in [1.29, 1.82) is 0 Å². The monoisotopic (exact) mass is 686 g/mol. The molecule has 0 bridgehead atoms. The van der Waals surface area contributed by atoms with Gasteiger partial charge in [0.2, 0.25) is 0 Å². The molecule has 2 aromatic heterocycles. The van der Waals surface area contributed by atoms with Gasteiger partial charge in [0.05, 0.1) is 50.2 Å². The minimum atomic E-state index is 0.726. The second-order valence-electron chi connectivity index (χ2n) is 9.16. The number of fused-ring (bicyclic) bond motifs is 2. The average molecular weight is 688 g/mol. The Labute approximate surface area is 261 Å². The molecule has 0 spiro atoms. The van der Waals surface area contributed by atoms with Gasteiger partial charge in [0.25, 0.3) is 0 Å². The van der Waals surface area contributed by atoms with Crippen LogP contribution in [0, 0.1) is 0 Å². The van der Waals surface area contributed by atoms with Gasteiger partial charge in [-0.1, -0.05) is 60.7 Å². The highest BCUT2D eigenvalue weighted by atomic mass is 79.9. The number of methoxy groups -OCH3 is 4. The van der Waals surface area contributed by atoms with Crippen LogP contribution in [-0.4, -0.2) is 38.4 Å². The van der Waals surface area contributed by atoms with E-state index in [1.165, 1.54) is 0 Å². The SMILES string of the molecule is COc1cc(OC)c2c(-c3ccccc3)cc(Br)nc2c1.COc1cc(OC)c2c(-c3ccccc3)cc(Br)nc2c1. The van der Waals surface area contributed by atoms with Gasteiger partial charge in [-0.3, -0.25) is 0 Å². The molecule has 0 aliphatic heterocycles. The molecule has 0 aliphatic carbocycles. The van der Waals surface area contributed by atoms with E-state index in [1.54, 1.807) is 28.4 Å². The number of hydrogen-bond acceptors (Lipinski definition) is 6.